The van der Waals surface area contributed by atoms with Crippen LogP contribution in [0.4, 0.5) is 18.9 Å². The van der Waals surface area contributed by atoms with E-state index in [1.807, 2.05) is 13.8 Å². The van der Waals surface area contributed by atoms with Gasteiger partial charge in [0, 0.05) is 24.3 Å². The molecule has 0 aliphatic carbocycles. The van der Waals surface area contributed by atoms with E-state index in [4.69, 9.17) is 10.5 Å². The summed E-state index contributed by atoms with van der Waals surface area (Å²) in [6, 6.07) is 5.31. The van der Waals surface area contributed by atoms with Crippen LogP contribution in [0.3, 0.4) is 0 Å². The number of halogens is 4. The van der Waals surface area contributed by atoms with Crippen LogP contribution in [0.2, 0.25) is 0 Å². The van der Waals surface area contributed by atoms with Crippen molar-refractivity contribution in [3.05, 3.63) is 24.3 Å². The van der Waals surface area contributed by atoms with Crippen molar-refractivity contribution in [2.45, 2.75) is 51.8 Å². The van der Waals surface area contributed by atoms with Crippen molar-refractivity contribution in [1.29, 1.82) is 0 Å². The molecule has 0 saturated carbocycles. The molecule has 1 fully saturated rings. The molecule has 1 aromatic carbocycles. The first-order valence-corrected chi connectivity index (χ1v) is 8.78. The largest absolute Gasteiger partial charge is 0.573 e. The number of morpholine rings is 1. The van der Waals surface area contributed by atoms with Gasteiger partial charge in [0.1, 0.15) is 5.75 Å². The maximum Gasteiger partial charge on any atom is 0.573 e. The van der Waals surface area contributed by atoms with Crippen LogP contribution in [-0.2, 0) is 4.74 Å². The van der Waals surface area contributed by atoms with Crippen LogP contribution >= 0.6 is 24.0 Å². The van der Waals surface area contributed by atoms with Gasteiger partial charge in [-0.15, -0.1) is 37.1 Å². The number of nitrogens with zero attached hydrogens (tertiary/aromatic N) is 2. The molecule has 10 heteroatoms. The van der Waals surface area contributed by atoms with Crippen molar-refractivity contribution in [3.63, 3.8) is 0 Å². The third-order valence-electron chi connectivity index (χ3n) is 4.27. The van der Waals surface area contributed by atoms with Crippen LogP contribution in [0.25, 0.3) is 0 Å². The van der Waals surface area contributed by atoms with E-state index < -0.39 is 6.36 Å². The van der Waals surface area contributed by atoms with E-state index in [9.17, 15) is 13.2 Å². The summed E-state index contributed by atoms with van der Waals surface area (Å²) in [5.74, 6) is -0.0952. The second kappa shape index (κ2) is 9.97. The second-order valence-electron chi connectivity index (χ2n) is 7.37. The molecule has 28 heavy (non-hydrogen) atoms. The zero-order chi connectivity index (χ0) is 20.2. The number of ether oxygens (including phenoxy) is 2. The third kappa shape index (κ3) is 8.00. The fraction of sp³-hybridized carbons (Fsp3) is 0.611. The van der Waals surface area contributed by atoms with Crippen molar-refractivity contribution >= 4 is 35.6 Å². The van der Waals surface area contributed by atoms with E-state index in [1.54, 1.807) is 0 Å². The topological polar surface area (TPSA) is 72.1 Å². The van der Waals surface area contributed by atoms with Gasteiger partial charge in [0.25, 0.3) is 0 Å². The smallest absolute Gasteiger partial charge is 0.406 e. The van der Waals surface area contributed by atoms with Crippen LogP contribution in [0.1, 0.15) is 27.7 Å². The zero-order valence-corrected chi connectivity index (χ0v) is 18.7. The van der Waals surface area contributed by atoms with E-state index in [0.29, 0.717) is 12.2 Å². The first-order chi connectivity index (χ1) is 12.4. The molecule has 160 valence electrons. The molecule has 2 atom stereocenters. The van der Waals surface area contributed by atoms with Crippen LogP contribution < -0.4 is 15.8 Å². The molecule has 0 aromatic heterocycles. The lowest BCUT2D eigenvalue weighted by atomic mass is 10.0. The quantitative estimate of drug-likeness (QED) is 0.354. The van der Waals surface area contributed by atoms with Gasteiger partial charge >= 0.3 is 6.36 Å². The van der Waals surface area contributed by atoms with Crippen molar-refractivity contribution in [1.82, 2.24) is 4.90 Å². The molecule has 0 amide bonds. The third-order valence-corrected chi connectivity index (χ3v) is 4.27. The van der Waals surface area contributed by atoms with Crippen LogP contribution in [0, 0.1) is 0 Å². The summed E-state index contributed by atoms with van der Waals surface area (Å²) in [6.07, 6.45) is -4.40. The van der Waals surface area contributed by atoms with Gasteiger partial charge in [-0.05, 0) is 52.0 Å². The summed E-state index contributed by atoms with van der Waals surface area (Å²) in [7, 11) is 0. The summed E-state index contributed by atoms with van der Waals surface area (Å²) in [4.78, 5) is 6.71. The molecule has 2 rings (SSSR count). The summed E-state index contributed by atoms with van der Waals surface area (Å²) in [5, 5.41) is 2.87. The monoisotopic (exact) mass is 516 g/mol. The highest BCUT2D eigenvalue weighted by Crippen LogP contribution is 2.24. The number of alkyl halides is 3. The molecule has 6 nitrogen and oxygen atoms in total. The van der Waals surface area contributed by atoms with Crippen LogP contribution in [0.5, 0.6) is 5.75 Å². The van der Waals surface area contributed by atoms with Gasteiger partial charge in [-0.25, -0.2) is 0 Å². The molecule has 1 aromatic rings. The molecule has 0 spiro atoms. The van der Waals surface area contributed by atoms with Crippen molar-refractivity contribution in [2.24, 2.45) is 10.7 Å². The SMILES string of the molecule is CC1CN(C(C)(C)CN=C(N)Nc2ccc(OC(F)(F)F)cc2)CC(C)O1.I. The Balaban J connectivity index is 0.00000392. The van der Waals surface area contributed by atoms with Gasteiger partial charge in [-0.1, -0.05) is 0 Å². The Morgan fingerprint density at radius 1 is 1.21 bits per heavy atom. The van der Waals surface area contributed by atoms with Gasteiger partial charge in [0.05, 0.1) is 18.8 Å². The lowest BCUT2D eigenvalue weighted by Crippen LogP contribution is -2.56. The average Bonchev–Trinajstić information content (AvgIpc) is 2.53. The highest BCUT2D eigenvalue weighted by molar-refractivity contribution is 14.0. The molecular formula is C18H28F3IN4O2. The normalized spacial score (nSPS) is 21.8. The Morgan fingerprint density at radius 2 is 1.75 bits per heavy atom. The Hall–Kier alpha value is -1.27. The van der Waals surface area contributed by atoms with Crippen LogP contribution in [0.15, 0.2) is 29.3 Å². The number of anilines is 1. The standard InChI is InChI=1S/C18H27F3N4O2.HI/c1-12-9-25(10-13(2)26-12)17(3,4)11-23-16(22)24-14-5-7-15(8-6-14)27-18(19,20)21;/h5-8,12-13H,9-11H2,1-4H3,(H3,22,23,24);1H. The number of aliphatic imine (C=N–C) groups is 1. The summed E-state index contributed by atoms with van der Waals surface area (Å²) >= 11 is 0. The number of guanidine groups is 1. The second-order valence-corrected chi connectivity index (χ2v) is 7.37. The number of hydrogen-bond donors (Lipinski definition) is 2. The van der Waals surface area contributed by atoms with Gasteiger partial charge < -0.3 is 20.5 Å². The highest BCUT2D eigenvalue weighted by atomic mass is 127. The Morgan fingerprint density at radius 3 is 2.25 bits per heavy atom. The maximum absolute atomic E-state index is 12.2. The molecule has 1 heterocycles. The number of nitrogens with two attached hydrogens (primary N) is 1. The molecule has 1 aliphatic heterocycles. The van der Waals surface area contributed by atoms with Gasteiger partial charge in [0.2, 0.25) is 0 Å². The first kappa shape index (κ1) is 24.8. The number of rotatable bonds is 5. The Labute approximate surface area is 180 Å². The maximum atomic E-state index is 12.2. The summed E-state index contributed by atoms with van der Waals surface area (Å²) < 4.78 is 46.1. The molecule has 2 unspecified atom stereocenters. The van der Waals surface area contributed by atoms with Gasteiger partial charge in [0.15, 0.2) is 5.96 Å². The van der Waals surface area contributed by atoms with Gasteiger partial charge in [-0.2, -0.15) is 0 Å². The van der Waals surface area contributed by atoms with Crippen LogP contribution in [-0.4, -0.2) is 54.6 Å². The predicted octanol–water partition coefficient (Wildman–Crippen LogP) is 3.82. The minimum Gasteiger partial charge on any atom is -0.406 e. The van der Waals surface area contributed by atoms with E-state index in [0.717, 1.165) is 13.1 Å². The van der Waals surface area contributed by atoms with Crippen molar-refractivity contribution < 1.29 is 22.6 Å². The van der Waals surface area contributed by atoms with E-state index in [-0.39, 0.29) is 53.4 Å². The number of hydrogen-bond acceptors (Lipinski definition) is 4. The molecule has 0 radical (unpaired) electrons. The average molecular weight is 516 g/mol. The minimum atomic E-state index is -4.71. The lowest BCUT2D eigenvalue weighted by molar-refractivity contribution is -0.274. The molecule has 3 N–H and O–H groups in total. The molecule has 1 saturated heterocycles. The minimum absolute atomic E-state index is 0. The van der Waals surface area contributed by atoms with Crippen molar-refractivity contribution in [2.75, 3.05) is 25.0 Å². The van der Waals surface area contributed by atoms with E-state index in [2.05, 4.69) is 33.8 Å². The number of nitrogens with one attached hydrogen (secondary N) is 1. The lowest BCUT2D eigenvalue weighted by Gasteiger charge is -2.44. The fourth-order valence-corrected chi connectivity index (χ4v) is 2.98. The summed E-state index contributed by atoms with van der Waals surface area (Å²) in [6.45, 7) is 10.4. The fourth-order valence-electron chi connectivity index (χ4n) is 2.98. The Bertz CT molecular complexity index is 643. The Kier molecular flexibility index (Phi) is 8.82. The van der Waals surface area contributed by atoms with Gasteiger partial charge in [-0.3, -0.25) is 9.89 Å². The highest BCUT2D eigenvalue weighted by Gasteiger charge is 2.33. The van der Waals surface area contributed by atoms with Crippen molar-refractivity contribution in [3.8, 4) is 5.75 Å². The molecule has 0 bridgehead atoms. The number of benzene rings is 1. The molecule has 1 aliphatic rings. The van der Waals surface area contributed by atoms with E-state index in [1.165, 1.54) is 24.3 Å². The van der Waals surface area contributed by atoms with E-state index >= 15 is 0 Å². The first-order valence-electron chi connectivity index (χ1n) is 8.78. The molecular weight excluding hydrogens is 488 g/mol. The predicted molar refractivity (Wildman–Crippen MR) is 114 cm³/mol. The summed E-state index contributed by atoms with van der Waals surface area (Å²) in [5.41, 5.74) is 6.24. The zero-order valence-electron chi connectivity index (χ0n) is 16.4.